The highest BCUT2D eigenvalue weighted by Crippen LogP contribution is 2.15. The highest BCUT2D eigenvalue weighted by atomic mass is 16.5. The number of ether oxygens (including phenoxy) is 1. The molecule has 0 fully saturated rings. The quantitative estimate of drug-likeness (QED) is 0.561. The maximum atomic E-state index is 11.2. The molecular weight excluding hydrogens is 218 g/mol. The van der Waals surface area contributed by atoms with Crippen LogP contribution >= 0.6 is 0 Å². The molecule has 1 rings (SSSR count). The number of benzene rings is 1. The van der Waals surface area contributed by atoms with Crippen molar-refractivity contribution in [3.8, 4) is 0 Å². The number of carbonyl (C=O) groups excluding carboxylic acids is 2. The Hall–Kier alpha value is -1.84. The van der Waals surface area contributed by atoms with Crippen molar-refractivity contribution < 1.29 is 14.3 Å². The number of esters is 1. The van der Waals surface area contributed by atoms with Crippen LogP contribution in [0.3, 0.4) is 0 Å². The zero-order valence-corrected chi connectivity index (χ0v) is 10.2. The highest BCUT2D eigenvalue weighted by Gasteiger charge is 2.07. The molecule has 0 saturated carbocycles. The van der Waals surface area contributed by atoms with Crippen LogP contribution < -0.4 is 4.90 Å². The molecule has 4 heteroatoms. The van der Waals surface area contributed by atoms with E-state index in [1.54, 1.807) is 29.2 Å². The molecule has 0 radical (unpaired) electrons. The fourth-order valence-corrected chi connectivity index (χ4v) is 1.48. The summed E-state index contributed by atoms with van der Waals surface area (Å²) in [6.07, 6.45) is 2.80. The largest absolute Gasteiger partial charge is 0.465 e. The summed E-state index contributed by atoms with van der Waals surface area (Å²) in [5.74, 6) is -0.372. The van der Waals surface area contributed by atoms with Crippen molar-refractivity contribution in [1.82, 2.24) is 0 Å². The van der Waals surface area contributed by atoms with E-state index in [2.05, 4.69) is 11.7 Å². The van der Waals surface area contributed by atoms with Crippen molar-refractivity contribution in [2.24, 2.45) is 0 Å². The van der Waals surface area contributed by atoms with Crippen LogP contribution in [-0.2, 0) is 9.53 Å². The van der Waals surface area contributed by atoms with Gasteiger partial charge in [0.2, 0.25) is 6.41 Å². The molecule has 0 spiro atoms. The summed E-state index contributed by atoms with van der Waals surface area (Å²) in [6.45, 7) is 2.76. The predicted octanol–water partition coefficient (Wildman–Crippen LogP) is 2.24. The first-order valence-electron chi connectivity index (χ1n) is 5.63. The predicted molar refractivity (Wildman–Crippen MR) is 66.1 cm³/mol. The van der Waals surface area contributed by atoms with E-state index in [0.717, 1.165) is 24.9 Å². The van der Waals surface area contributed by atoms with Crippen LogP contribution in [0.4, 0.5) is 5.69 Å². The van der Waals surface area contributed by atoms with Crippen LogP contribution in [0, 0.1) is 0 Å². The van der Waals surface area contributed by atoms with Crippen LogP contribution in [0.25, 0.3) is 0 Å². The molecule has 1 amide bonds. The van der Waals surface area contributed by atoms with Crippen molar-refractivity contribution in [2.45, 2.75) is 19.8 Å². The lowest BCUT2D eigenvalue weighted by atomic mass is 10.2. The number of nitrogens with zero attached hydrogens (tertiary/aromatic N) is 1. The zero-order chi connectivity index (χ0) is 12.7. The number of amides is 1. The molecule has 0 aliphatic carbocycles. The smallest absolute Gasteiger partial charge is 0.337 e. The second kappa shape index (κ2) is 6.68. The van der Waals surface area contributed by atoms with E-state index >= 15 is 0 Å². The van der Waals surface area contributed by atoms with Gasteiger partial charge in [-0.15, -0.1) is 0 Å². The SMILES string of the molecule is CCCCN(C=O)c1ccc(C(=O)OC)cc1. The zero-order valence-electron chi connectivity index (χ0n) is 10.2. The van der Waals surface area contributed by atoms with Gasteiger partial charge in [-0.3, -0.25) is 4.79 Å². The van der Waals surface area contributed by atoms with Crippen LogP contribution in [0.5, 0.6) is 0 Å². The summed E-state index contributed by atoms with van der Waals surface area (Å²) in [5, 5.41) is 0. The highest BCUT2D eigenvalue weighted by molar-refractivity contribution is 5.90. The summed E-state index contributed by atoms with van der Waals surface area (Å²) in [6, 6.07) is 6.81. The van der Waals surface area contributed by atoms with Crippen LogP contribution in [0.1, 0.15) is 30.1 Å². The molecule has 0 atom stereocenters. The molecule has 0 heterocycles. The van der Waals surface area contributed by atoms with Crippen LogP contribution in [-0.4, -0.2) is 26.0 Å². The molecule has 0 aromatic heterocycles. The molecule has 1 aromatic rings. The molecule has 92 valence electrons. The average molecular weight is 235 g/mol. The third kappa shape index (κ3) is 3.59. The molecular formula is C13H17NO3. The minimum absolute atomic E-state index is 0.372. The lowest BCUT2D eigenvalue weighted by Gasteiger charge is -2.17. The van der Waals surface area contributed by atoms with E-state index in [1.165, 1.54) is 7.11 Å². The van der Waals surface area contributed by atoms with Crippen molar-refractivity contribution in [3.05, 3.63) is 29.8 Å². The van der Waals surface area contributed by atoms with Gasteiger partial charge in [-0.25, -0.2) is 4.79 Å². The summed E-state index contributed by atoms with van der Waals surface area (Å²) in [5.41, 5.74) is 1.28. The van der Waals surface area contributed by atoms with Gasteiger partial charge in [0, 0.05) is 12.2 Å². The third-order valence-corrected chi connectivity index (χ3v) is 2.50. The van der Waals surface area contributed by atoms with Crippen molar-refractivity contribution in [1.29, 1.82) is 0 Å². The summed E-state index contributed by atoms with van der Waals surface area (Å²) >= 11 is 0. The molecule has 0 aliphatic rings. The maximum Gasteiger partial charge on any atom is 0.337 e. The number of hydrogen-bond donors (Lipinski definition) is 0. The Kier molecular flexibility index (Phi) is 5.20. The van der Waals surface area contributed by atoms with E-state index < -0.39 is 0 Å². The van der Waals surface area contributed by atoms with Gasteiger partial charge in [0.1, 0.15) is 0 Å². The second-order valence-electron chi connectivity index (χ2n) is 3.69. The van der Waals surface area contributed by atoms with Crippen molar-refractivity contribution in [2.75, 3.05) is 18.6 Å². The standard InChI is InChI=1S/C13H17NO3/c1-3-4-9-14(10-15)12-7-5-11(6-8-12)13(16)17-2/h5-8,10H,3-4,9H2,1-2H3. The van der Waals surface area contributed by atoms with Gasteiger partial charge in [-0.2, -0.15) is 0 Å². The number of anilines is 1. The fourth-order valence-electron chi connectivity index (χ4n) is 1.48. The Morgan fingerprint density at radius 3 is 2.47 bits per heavy atom. The molecule has 0 N–H and O–H groups in total. The van der Waals surface area contributed by atoms with Gasteiger partial charge >= 0.3 is 5.97 Å². The Morgan fingerprint density at radius 2 is 2.00 bits per heavy atom. The molecule has 4 nitrogen and oxygen atoms in total. The maximum absolute atomic E-state index is 11.2. The van der Waals surface area contributed by atoms with Gasteiger partial charge in [0.15, 0.2) is 0 Å². The molecule has 0 saturated heterocycles. The Labute approximate surface area is 101 Å². The molecule has 0 unspecified atom stereocenters. The lowest BCUT2D eigenvalue weighted by molar-refractivity contribution is -0.107. The lowest BCUT2D eigenvalue weighted by Crippen LogP contribution is -2.22. The van der Waals surface area contributed by atoms with E-state index in [0.29, 0.717) is 12.1 Å². The normalized spacial score (nSPS) is 9.76. The topological polar surface area (TPSA) is 46.6 Å². The van der Waals surface area contributed by atoms with E-state index in [4.69, 9.17) is 0 Å². The average Bonchev–Trinajstić information content (AvgIpc) is 2.39. The van der Waals surface area contributed by atoms with Crippen molar-refractivity contribution >= 4 is 18.1 Å². The number of rotatable bonds is 6. The first-order chi connectivity index (χ1) is 8.22. The summed E-state index contributed by atoms with van der Waals surface area (Å²) < 4.78 is 4.61. The number of hydrogen-bond acceptors (Lipinski definition) is 3. The number of unbranched alkanes of at least 4 members (excludes halogenated alkanes) is 1. The van der Waals surface area contributed by atoms with Crippen molar-refractivity contribution in [3.63, 3.8) is 0 Å². The van der Waals surface area contributed by atoms with Gasteiger partial charge in [-0.1, -0.05) is 13.3 Å². The van der Waals surface area contributed by atoms with E-state index in [-0.39, 0.29) is 5.97 Å². The summed E-state index contributed by atoms with van der Waals surface area (Å²) in [4.78, 5) is 23.8. The first-order valence-corrected chi connectivity index (χ1v) is 5.63. The Bertz CT molecular complexity index is 373. The van der Waals surface area contributed by atoms with Crippen LogP contribution in [0.2, 0.25) is 0 Å². The minimum Gasteiger partial charge on any atom is -0.465 e. The Balaban J connectivity index is 2.77. The molecule has 0 aliphatic heterocycles. The molecule has 17 heavy (non-hydrogen) atoms. The monoisotopic (exact) mass is 235 g/mol. The molecule has 1 aromatic carbocycles. The third-order valence-electron chi connectivity index (χ3n) is 2.50. The van der Waals surface area contributed by atoms with Gasteiger partial charge in [-0.05, 0) is 30.7 Å². The fraction of sp³-hybridized carbons (Fsp3) is 0.385. The first kappa shape index (κ1) is 13.2. The summed E-state index contributed by atoms with van der Waals surface area (Å²) in [7, 11) is 1.34. The van der Waals surface area contributed by atoms with Gasteiger partial charge in [0.05, 0.1) is 12.7 Å². The van der Waals surface area contributed by atoms with Crippen LogP contribution in [0.15, 0.2) is 24.3 Å². The minimum atomic E-state index is -0.372. The van der Waals surface area contributed by atoms with E-state index in [9.17, 15) is 9.59 Å². The Morgan fingerprint density at radius 1 is 1.35 bits per heavy atom. The van der Waals surface area contributed by atoms with Gasteiger partial charge in [0.25, 0.3) is 0 Å². The second-order valence-corrected chi connectivity index (χ2v) is 3.69. The van der Waals surface area contributed by atoms with Gasteiger partial charge < -0.3 is 9.64 Å². The number of methoxy groups -OCH3 is 1. The molecule has 0 bridgehead atoms. The number of carbonyl (C=O) groups is 2. The van der Waals surface area contributed by atoms with E-state index in [1.807, 2.05) is 0 Å².